The van der Waals surface area contributed by atoms with Crippen LogP contribution in [-0.4, -0.2) is 34.3 Å². The lowest BCUT2D eigenvalue weighted by molar-refractivity contribution is -0.114. The minimum Gasteiger partial charge on any atom is -0.456 e. The molecule has 0 atom stereocenters. The van der Waals surface area contributed by atoms with Gasteiger partial charge in [0.05, 0.1) is 0 Å². The summed E-state index contributed by atoms with van der Waals surface area (Å²) in [5, 5.41) is 8.30. The van der Waals surface area contributed by atoms with Crippen molar-refractivity contribution in [1.29, 1.82) is 0 Å². The standard InChI is InChI=1S/C6H11NO2.C6H18OSi2/c1-5(6(7)9)3-2-4-8;1-8(2,3)7-9(4,5)6/h3,8H,2,4H2,1H3,(H2,7,9);1-6H3. The molecule has 3 N–H and O–H groups in total. The predicted molar refractivity (Wildman–Crippen MR) is 82.4 cm³/mol. The highest BCUT2D eigenvalue weighted by molar-refractivity contribution is 6.83. The Morgan fingerprint density at radius 2 is 1.56 bits per heavy atom. The second-order valence-corrected chi connectivity index (χ2v) is 15.4. The fourth-order valence-corrected chi connectivity index (χ4v) is 8.65. The molecule has 6 heteroatoms. The Bertz CT molecular complexity index is 266. The molecular weight excluding hydrogens is 262 g/mol. The molecule has 1 amide bonds. The van der Waals surface area contributed by atoms with E-state index in [1.165, 1.54) is 0 Å². The number of hydrogen-bond donors (Lipinski definition) is 2. The maximum atomic E-state index is 10.3. The fourth-order valence-electron chi connectivity index (χ4n) is 1.30. The van der Waals surface area contributed by atoms with Crippen LogP contribution in [0.1, 0.15) is 13.3 Å². The number of amides is 1. The van der Waals surface area contributed by atoms with Crippen LogP contribution in [-0.2, 0) is 8.91 Å². The maximum Gasteiger partial charge on any atom is 0.244 e. The molecule has 0 aromatic carbocycles. The molecule has 0 saturated heterocycles. The molecule has 0 aliphatic rings. The van der Waals surface area contributed by atoms with Gasteiger partial charge in [0.1, 0.15) is 0 Å². The van der Waals surface area contributed by atoms with Crippen LogP contribution in [0.3, 0.4) is 0 Å². The highest BCUT2D eigenvalue weighted by atomic mass is 28.4. The van der Waals surface area contributed by atoms with Gasteiger partial charge in [0, 0.05) is 12.2 Å². The lowest BCUT2D eigenvalue weighted by Crippen LogP contribution is -2.39. The molecule has 0 unspecified atom stereocenters. The van der Waals surface area contributed by atoms with Crippen LogP contribution in [0, 0.1) is 0 Å². The van der Waals surface area contributed by atoms with Crippen molar-refractivity contribution >= 4 is 22.5 Å². The summed E-state index contributed by atoms with van der Waals surface area (Å²) in [6, 6.07) is 0. The van der Waals surface area contributed by atoms with Crippen molar-refractivity contribution in [2.24, 2.45) is 5.73 Å². The Morgan fingerprint density at radius 3 is 1.72 bits per heavy atom. The number of carbonyl (C=O) groups excluding carboxylic acids is 1. The van der Waals surface area contributed by atoms with Gasteiger partial charge in [0.15, 0.2) is 16.6 Å². The van der Waals surface area contributed by atoms with Gasteiger partial charge in [-0.25, -0.2) is 0 Å². The number of rotatable bonds is 5. The van der Waals surface area contributed by atoms with Crippen molar-refractivity contribution < 1.29 is 14.0 Å². The molecule has 0 spiro atoms. The van der Waals surface area contributed by atoms with Gasteiger partial charge in [0.25, 0.3) is 0 Å². The van der Waals surface area contributed by atoms with E-state index in [1.54, 1.807) is 13.0 Å². The van der Waals surface area contributed by atoms with E-state index < -0.39 is 22.5 Å². The first-order valence-corrected chi connectivity index (χ1v) is 13.0. The quantitative estimate of drug-likeness (QED) is 0.604. The fraction of sp³-hybridized carbons (Fsp3) is 0.750. The average Bonchev–Trinajstić information content (AvgIpc) is 2.08. The monoisotopic (exact) mass is 291 g/mol. The van der Waals surface area contributed by atoms with E-state index in [1.807, 2.05) is 0 Å². The van der Waals surface area contributed by atoms with Crippen LogP contribution < -0.4 is 5.73 Å². The first-order chi connectivity index (χ1) is 7.89. The minimum absolute atomic E-state index is 0.0601. The summed E-state index contributed by atoms with van der Waals surface area (Å²) in [4.78, 5) is 10.3. The smallest absolute Gasteiger partial charge is 0.244 e. The van der Waals surface area contributed by atoms with Gasteiger partial charge < -0.3 is 15.0 Å². The number of nitrogens with two attached hydrogens (primary N) is 1. The third-order valence-electron chi connectivity index (χ3n) is 1.58. The molecule has 0 bridgehead atoms. The van der Waals surface area contributed by atoms with Crippen molar-refractivity contribution in [3.8, 4) is 0 Å². The molecule has 0 aromatic heterocycles. The predicted octanol–water partition coefficient (Wildman–Crippen LogP) is 2.47. The SMILES string of the molecule is CC(=CCCO)C(N)=O.C[Si](C)(C)O[Si](C)(C)C. The highest BCUT2D eigenvalue weighted by Gasteiger charge is 2.24. The van der Waals surface area contributed by atoms with Crippen LogP contribution >= 0.6 is 0 Å². The third kappa shape index (κ3) is 17.9. The molecular formula is C12H29NO3Si2. The maximum absolute atomic E-state index is 10.3. The number of carbonyl (C=O) groups is 1. The normalized spacial score (nSPS) is 12.8. The Labute approximate surface area is 113 Å². The second kappa shape index (κ2) is 8.63. The van der Waals surface area contributed by atoms with Crippen molar-refractivity contribution in [1.82, 2.24) is 0 Å². The molecule has 4 nitrogen and oxygen atoms in total. The summed E-state index contributed by atoms with van der Waals surface area (Å²) in [6.07, 6.45) is 2.11. The number of primary amides is 1. The van der Waals surface area contributed by atoms with E-state index in [4.69, 9.17) is 15.0 Å². The van der Waals surface area contributed by atoms with E-state index in [9.17, 15) is 4.79 Å². The van der Waals surface area contributed by atoms with Crippen LogP contribution in [0.2, 0.25) is 39.3 Å². The van der Waals surface area contributed by atoms with Crippen molar-refractivity contribution in [2.45, 2.75) is 52.6 Å². The van der Waals surface area contributed by atoms with Gasteiger partial charge in [-0.05, 0) is 52.6 Å². The molecule has 0 radical (unpaired) electrons. The summed E-state index contributed by atoms with van der Waals surface area (Å²) in [5.41, 5.74) is 5.39. The van der Waals surface area contributed by atoms with E-state index in [0.717, 1.165) is 0 Å². The zero-order valence-corrected chi connectivity index (χ0v) is 14.8. The van der Waals surface area contributed by atoms with Gasteiger partial charge >= 0.3 is 0 Å². The van der Waals surface area contributed by atoms with Crippen LogP contribution in [0.5, 0.6) is 0 Å². The first kappa shape index (κ1) is 19.9. The summed E-state index contributed by atoms with van der Waals surface area (Å²) in [7, 11) is -2.46. The minimum atomic E-state index is -1.23. The second-order valence-electron chi connectivity index (χ2n) is 6.09. The molecule has 0 fully saturated rings. The van der Waals surface area contributed by atoms with Crippen LogP contribution in [0.4, 0.5) is 0 Å². The van der Waals surface area contributed by atoms with Crippen molar-refractivity contribution in [3.05, 3.63) is 11.6 Å². The molecule has 0 aliphatic heterocycles. The molecule has 0 saturated carbocycles. The molecule has 0 aliphatic carbocycles. The number of hydrogen-bond acceptors (Lipinski definition) is 3. The van der Waals surface area contributed by atoms with E-state index in [-0.39, 0.29) is 6.61 Å². The highest BCUT2D eigenvalue weighted by Crippen LogP contribution is 2.12. The summed E-state index contributed by atoms with van der Waals surface area (Å²) >= 11 is 0. The average molecular weight is 292 g/mol. The van der Waals surface area contributed by atoms with Crippen LogP contribution in [0.25, 0.3) is 0 Å². The molecule has 0 heterocycles. The zero-order valence-electron chi connectivity index (χ0n) is 12.8. The van der Waals surface area contributed by atoms with Gasteiger partial charge in [-0.15, -0.1) is 0 Å². The van der Waals surface area contributed by atoms with Gasteiger partial charge in [-0.2, -0.15) is 0 Å². The largest absolute Gasteiger partial charge is 0.456 e. The van der Waals surface area contributed by atoms with Crippen molar-refractivity contribution in [3.63, 3.8) is 0 Å². The van der Waals surface area contributed by atoms with E-state index in [2.05, 4.69) is 39.3 Å². The number of aliphatic hydroxyl groups excluding tert-OH is 1. The zero-order chi connectivity index (χ0) is 15.0. The number of aliphatic hydroxyl groups is 1. The summed E-state index contributed by atoms with van der Waals surface area (Å²) < 4.78 is 5.90. The van der Waals surface area contributed by atoms with E-state index >= 15 is 0 Å². The van der Waals surface area contributed by atoms with Crippen LogP contribution in [0.15, 0.2) is 11.6 Å². The summed E-state index contributed by atoms with van der Waals surface area (Å²) in [6.45, 7) is 15.1. The lowest BCUT2D eigenvalue weighted by Gasteiger charge is -2.27. The van der Waals surface area contributed by atoms with Gasteiger partial charge in [-0.3, -0.25) is 4.79 Å². The Balaban J connectivity index is 0. The molecule has 0 aromatic rings. The van der Waals surface area contributed by atoms with Crippen molar-refractivity contribution in [2.75, 3.05) is 6.61 Å². The summed E-state index contributed by atoms with van der Waals surface area (Å²) in [5.74, 6) is -0.427. The van der Waals surface area contributed by atoms with E-state index in [0.29, 0.717) is 12.0 Å². The topological polar surface area (TPSA) is 72.5 Å². The molecule has 108 valence electrons. The van der Waals surface area contributed by atoms with Gasteiger partial charge in [-0.1, -0.05) is 6.08 Å². The lowest BCUT2D eigenvalue weighted by atomic mass is 10.2. The Hall–Kier alpha value is -0.436. The third-order valence-corrected chi connectivity index (χ3v) is 6.48. The molecule has 18 heavy (non-hydrogen) atoms. The first-order valence-electron chi connectivity index (χ1n) is 6.16. The molecule has 0 rings (SSSR count). The Kier molecular flexibility index (Phi) is 9.54. The Morgan fingerprint density at radius 1 is 1.17 bits per heavy atom. The van der Waals surface area contributed by atoms with Gasteiger partial charge in [0.2, 0.25) is 5.91 Å².